The zero-order chi connectivity index (χ0) is 33.3. The van der Waals surface area contributed by atoms with Gasteiger partial charge in [0.2, 0.25) is 11.8 Å². The number of carboxylic acid groups (broad SMARTS) is 1. The largest absolute Gasteiger partial charge is 0.481 e. The van der Waals surface area contributed by atoms with Gasteiger partial charge in [0, 0.05) is 38.2 Å². The summed E-state index contributed by atoms with van der Waals surface area (Å²) < 4.78 is 40.4. The molecule has 3 aromatic rings. The number of carboxylic acids is 1. The molecular weight excluding hydrogens is 614 g/mol. The molecule has 0 spiro atoms. The van der Waals surface area contributed by atoms with Crippen molar-refractivity contribution in [3.63, 3.8) is 0 Å². The van der Waals surface area contributed by atoms with Gasteiger partial charge in [-0.15, -0.1) is 0 Å². The predicted octanol–water partition coefficient (Wildman–Crippen LogP) is 5.54. The first-order valence-corrected chi connectivity index (χ1v) is 15.9. The minimum atomic E-state index is -3.41. The summed E-state index contributed by atoms with van der Waals surface area (Å²) in [4.78, 5) is 63.5. The molecule has 1 aliphatic carbocycles. The summed E-state index contributed by atoms with van der Waals surface area (Å²) in [7, 11) is 0. The van der Waals surface area contributed by atoms with Crippen molar-refractivity contribution in [1.29, 1.82) is 0 Å². The van der Waals surface area contributed by atoms with Gasteiger partial charge in [0.25, 0.3) is 5.92 Å². The molecule has 2 aromatic heterocycles. The van der Waals surface area contributed by atoms with Gasteiger partial charge in [0.05, 0.1) is 29.0 Å². The Bertz CT molecular complexity index is 1710. The molecule has 2 fully saturated rings. The van der Waals surface area contributed by atoms with E-state index in [2.05, 4.69) is 15.1 Å². The topological polar surface area (TPSA) is 153 Å². The molecular formula is C34H36F2N4O7. The molecule has 248 valence electrons. The van der Waals surface area contributed by atoms with E-state index >= 15 is 0 Å². The number of rotatable bonds is 7. The fourth-order valence-corrected chi connectivity index (χ4v) is 6.80. The van der Waals surface area contributed by atoms with Crippen LogP contribution < -0.4 is 4.74 Å². The van der Waals surface area contributed by atoms with Crippen LogP contribution in [0.4, 0.5) is 8.78 Å². The molecule has 1 saturated carbocycles. The molecule has 0 unspecified atom stereocenters. The summed E-state index contributed by atoms with van der Waals surface area (Å²) in [5, 5.41) is 13.8. The standard InChI is InChI=1S/C34H36F2N4O7/c1-33(35,36)29-30(38-24-12-8-7-11-23(24)37-29)47-22-16-26-28(42)18-34(32(44)45)17-21(34)10-6-4-2-3-5-9-20(31(43)40(26)19-22)15-27(41)25-13-14-46-39-25/h6-8,10-14,20-22,26H,2-5,9,15-19H2,1H3,(H,44,45)/b10-6-/t20-,21-,22-,26+,34-/m1/s1. The van der Waals surface area contributed by atoms with Crippen LogP contribution >= 0.6 is 0 Å². The number of carbonyl (C=O) groups excluding carboxylic acids is 3. The molecule has 0 bridgehead atoms. The van der Waals surface area contributed by atoms with Gasteiger partial charge in [0.15, 0.2) is 17.3 Å². The van der Waals surface area contributed by atoms with E-state index < -0.39 is 58.6 Å². The number of benzene rings is 1. The predicted molar refractivity (Wildman–Crippen MR) is 163 cm³/mol. The summed E-state index contributed by atoms with van der Waals surface area (Å²) in [6.07, 6.45) is 7.30. The highest BCUT2D eigenvalue weighted by Gasteiger charge is 2.61. The maximum Gasteiger partial charge on any atom is 0.310 e. The fraction of sp³-hybridized carbons (Fsp3) is 0.500. The Morgan fingerprint density at radius 1 is 1.13 bits per heavy atom. The van der Waals surface area contributed by atoms with Crippen LogP contribution in [0.1, 0.15) is 80.9 Å². The number of aliphatic carboxylic acids is 1. The van der Waals surface area contributed by atoms with E-state index in [0.29, 0.717) is 31.7 Å². The van der Waals surface area contributed by atoms with E-state index in [0.717, 1.165) is 19.3 Å². The van der Waals surface area contributed by atoms with Crippen LogP contribution in [0.25, 0.3) is 11.0 Å². The maximum absolute atomic E-state index is 14.8. The van der Waals surface area contributed by atoms with Gasteiger partial charge in [-0.25, -0.2) is 9.97 Å². The highest BCUT2D eigenvalue weighted by Crippen LogP contribution is 2.57. The van der Waals surface area contributed by atoms with Gasteiger partial charge in [-0.3, -0.25) is 19.2 Å². The molecule has 47 heavy (non-hydrogen) atoms. The molecule has 0 radical (unpaired) electrons. The smallest absolute Gasteiger partial charge is 0.310 e. The second kappa shape index (κ2) is 12.9. The Kier molecular flexibility index (Phi) is 8.91. The average molecular weight is 651 g/mol. The number of carbonyl (C=O) groups is 4. The number of amides is 1. The normalized spacial score (nSPS) is 27.8. The highest BCUT2D eigenvalue weighted by atomic mass is 19.3. The molecule has 1 amide bonds. The number of halogens is 2. The molecule has 6 rings (SSSR count). The van der Waals surface area contributed by atoms with Crippen molar-refractivity contribution in [2.75, 3.05) is 6.54 Å². The summed E-state index contributed by atoms with van der Waals surface area (Å²) in [6.45, 7) is 0.545. The summed E-state index contributed by atoms with van der Waals surface area (Å²) in [5.41, 5.74) is -1.28. The maximum atomic E-state index is 14.8. The molecule has 1 N–H and O–H groups in total. The molecule has 5 atom stereocenters. The fourth-order valence-electron chi connectivity index (χ4n) is 6.80. The first kappa shape index (κ1) is 32.4. The van der Waals surface area contributed by atoms with Crippen molar-refractivity contribution >= 4 is 34.5 Å². The SMILES string of the molecule is CC(F)(F)c1nc2ccccc2nc1O[C@@H]1C[C@H]2C(=O)C[C@]3(C(=O)O)C[C@H]3/C=C\CCCCC[C@H](CC(=O)c3ccon3)C(=O)N2C1. The third-order valence-electron chi connectivity index (χ3n) is 9.50. The number of ether oxygens (including phenoxy) is 1. The zero-order valence-corrected chi connectivity index (χ0v) is 25.9. The molecule has 11 nitrogen and oxygen atoms in total. The van der Waals surface area contributed by atoms with Gasteiger partial charge in [-0.05, 0) is 43.7 Å². The van der Waals surface area contributed by atoms with Crippen molar-refractivity contribution in [2.24, 2.45) is 17.3 Å². The third-order valence-corrected chi connectivity index (χ3v) is 9.50. The Labute approximate surface area is 269 Å². The van der Waals surface area contributed by atoms with Crippen molar-refractivity contribution in [1.82, 2.24) is 20.0 Å². The number of hydrogen-bond donors (Lipinski definition) is 1. The summed E-state index contributed by atoms with van der Waals surface area (Å²) in [6, 6.07) is 6.85. The summed E-state index contributed by atoms with van der Waals surface area (Å²) >= 11 is 0. The van der Waals surface area contributed by atoms with E-state index in [-0.39, 0.29) is 48.7 Å². The lowest BCUT2D eigenvalue weighted by Gasteiger charge is -2.28. The molecule has 1 saturated heterocycles. The number of hydrogen-bond acceptors (Lipinski definition) is 9. The average Bonchev–Trinajstić information content (AvgIpc) is 3.35. The number of aromatic nitrogens is 3. The first-order valence-electron chi connectivity index (χ1n) is 15.9. The van der Waals surface area contributed by atoms with E-state index in [9.17, 15) is 33.1 Å². The minimum Gasteiger partial charge on any atom is -0.481 e. The van der Waals surface area contributed by atoms with Gasteiger partial charge in [-0.2, -0.15) is 8.78 Å². The number of alkyl halides is 2. The Morgan fingerprint density at radius 2 is 1.89 bits per heavy atom. The van der Waals surface area contributed by atoms with Crippen molar-refractivity contribution in [2.45, 2.75) is 82.8 Å². The molecule has 3 aliphatic rings. The Hall–Kier alpha value is -4.55. The number of allylic oxidation sites excluding steroid dienone is 2. The van der Waals surface area contributed by atoms with Crippen LogP contribution in [-0.2, 0) is 20.3 Å². The van der Waals surface area contributed by atoms with Crippen LogP contribution in [-0.4, -0.2) is 67.3 Å². The summed E-state index contributed by atoms with van der Waals surface area (Å²) in [5.74, 6) is -7.29. The Balaban J connectivity index is 1.33. The molecule has 1 aromatic carbocycles. The van der Waals surface area contributed by atoms with E-state index in [4.69, 9.17) is 9.26 Å². The zero-order valence-electron chi connectivity index (χ0n) is 25.9. The van der Waals surface area contributed by atoms with Gasteiger partial charge < -0.3 is 19.3 Å². The Morgan fingerprint density at radius 3 is 2.60 bits per heavy atom. The van der Waals surface area contributed by atoms with E-state index in [1.807, 2.05) is 12.2 Å². The van der Waals surface area contributed by atoms with Crippen LogP contribution in [0.3, 0.4) is 0 Å². The number of nitrogens with zero attached hydrogens (tertiary/aromatic N) is 4. The van der Waals surface area contributed by atoms with Gasteiger partial charge in [-0.1, -0.05) is 42.3 Å². The van der Waals surface area contributed by atoms with Gasteiger partial charge >= 0.3 is 5.97 Å². The second-order valence-electron chi connectivity index (χ2n) is 12.9. The van der Waals surface area contributed by atoms with E-state index in [1.165, 1.54) is 17.2 Å². The van der Waals surface area contributed by atoms with Crippen LogP contribution in [0.5, 0.6) is 5.88 Å². The van der Waals surface area contributed by atoms with Crippen LogP contribution in [0.15, 0.2) is 53.3 Å². The van der Waals surface area contributed by atoms with Crippen LogP contribution in [0, 0.1) is 17.3 Å². The van der Waals surface area contributed by atoms with Crippen molar-refractivity contribution in [3.05, 3.63) is 60.1 Å². The monoisotopic (exact) mass is 650 g/mol. The third kappa shape index (κ3) is 6.79. The number of fused-ring (bicyclic) bond motifs is 3. The number of para-hydroxylation sites is 2. The minimum absolute atomic E-state index is 0.0615. The highest BCUT2D eigenvalue weighted by molar-refractivity contribution is 5.98. The lowest BCUT2D eigenvalue weighted by molar-refractivity contribution is -0.147. The van der Waals surface area contributed by atoms with E-state index in [1.54, 1.807) is 24.3 Å². The lowest BCUT2D eigenvalue weighted by Crippen LogP contribution is -2.45. The number of Topliss-reactive ketones (excluding diaryl/α,β-unsaturated/α-hetero) is 2. The quantitative estimate of drug-likeness (QED) is 0.255. The number of ketones is 2. The first-order chi connectivity index (χ1) is 22.5. The van der Waals surface area contributed by atoms with Crippen molar-refractivity contribution < 1.29 is 42.3 Å². The molecule has 13 heteroatoms. The molecule has 2 aliphatic heterocycles. The lowest BCUT2D eigenvalue weighted by atomic mass is 9.90. The second-order valence-corrected chi connectivity index (χ2v) is 12.9. The van der Waals surface area contributed by atoms with Crippen molar-refractivity contribution in [3.8, 4) is 5.88 Å². The van der Waals surface area contributed by atoms with Gasteiger partial charge in [0.1, 0.15) is 18.1 Å². The van der Waals surface area contributed by atoms with Crippen LogP contribution in [0.2, 0.25) is 0 Å². The molecule has 4 heterocycles.